The van der Waals surface area contributed by atoms with Crippen LogP contribution in [0.25, 0.3) is 16.6 Å². The van der Waals surface area contributed by atoms with Crippen molar-refractivity contribution < 1.29 is 9.53 Å². The summed E-state index contributed by atoms with van der Waals surface area (Å²) in [6.45, 7) is 1.75. The molecule has 4 rings (SSSR count). The van der Waals surface area contributed by atoms with Gasteiger partial charge in [0.05, 0.1) is 34.8 Å². The summed E-state index contributed by atoms with van der Waals surface area (Å²) >= 11 is 6.24. The Hall–Kier alpha value is -2.90. The number of amides is 1. The third kappa shape index (κ3) is 3.23. The SMILES string of the molecule is O=C(Cn1c(=O)n(-c2ccccc2Cl)c(=O)c2ccccc21)N1CCOCC1. The van der Waals surface area contributed by atoms with Crippen molar-refractivity contribution in [2.24, 2.45) is 0 Å². The molecule has 0 unspecified atom stereocenters. The number of carbonyl (C=O) groups is 1. The van der Waals surface area contributed by atoms with Crippen LogP contribution in [-0.2, 0) is 16.1 Å². The lowest BCUT2D eigenvalue weighted by Crippen LogP contribution is -2.45. The van der Waals surface area contributed by atoms with Crippen LogP contribution in [0.2, 0.25) is 5.02 Å². The van der Waals surface area contributed by atoms with Crippen LogP contribution in [0.1, 0.15) is 0 Å². The van der Waals surface area contributed by atoms with Gasteiger partial charge in [-0.05, 0) is 24.3 Å². The molecular weight excluding hydrogens is 382 g/mol. The number of nitrogens with zero attached hydrogens (tertiary/aromatic N) is 3. The first kappa shape index (κ1) is 18.5. The second-order valence-electron chi connectivity index (χ2n) is 6.47. The molecule has 2 aromatic carbocycles. The summed E-state index contributed by atoms with van der Waals surface area (Å²) in [6.07, 6.45) is 0. The molecule has 0 N–H and O–H groups in total. The van der Waals surface area contributed by atoms with E-state index in [1.165, 1.54) is 4.57 Å². The Morgan fingerprint density at radius 3 is 2.43 bits per heavy atom. The number of benzene rings is 2. The average Bonchev–Trinajstić information content (AvgIpc) is 2.73. The lowest BCUT2D eigenvalue weighted by atomic mass is 10.2. The Kier molecular flexibility index (Phi) is 5.02. The zero-order valence-electron chi connectivity index (χ0n) is 15.0. The molecule has 0 radical (unpaired) electrons. The summed E-state index contributed by atoms with van der Waals surface area (Å²) < 4.78 is 7.63. The van der Waals surface area contributed by atoms with E-state index in [-0.39, 0.29) is 23.2 Å². The van der Waals surface area contributed by atoms with Gasteiger partial charge >= 0.3 is 5.69 Å². The predicted molar refractivity (Wildman–Crippen MR) is 106 cm³/mol. The summed E-state index contributed by atoms with van der Waals surface area (Å²) in [5.41, 5.74) is -0.359. The van der Waals surface area contributed by atoms with Crippen molar-refractivity contribution in [1.82, 2.24) is 14.0 Å². The summed E-state index contributed by atoms with van der Waals surface area (Å²) in [5, 5.41) is 0.625. The van der Waals surface area contributed by atoms with E-state index < -0.39 is 11.2 Å². The Morgan fingerprint density at radius 1 is 1.00 bits per heavy atom. The van der Waals surface area contributed by atoms with E-state index in [2.05, 4.69) is 0 Å². The normalized spacial score (nSPS) is 14.4. The molecule has 1 aromatic heterocycles. The first-order chi connectivity index (χ1) is 13.6. The smallest absolute Gasteiger partial charge is 0.336 e. The number of hydrogen-bond acceptors (Lipinski definition) is 4. The minimum Gasteiger partial charge on any atom is -0.378 e. The average molecular weight is 400 g/mol. The van der Waals surface area contributed by atoms with Gasteiger partial charge in [0.15, 0.2) is 0 Å². The van der Waals surface area contributed by atoms with Crippen LogP contribution in [0, 0.1) is 0 Å². The fourth-order valence-corrected chi connectivity index (χ4v) is 3.59. The molecule has 1 fully saturated rings. The van der Waals surface area contributed by atoms with Gasteiger partial charge in [0.2, 0.25) is 5.91 Å². The van der Waals surface area contributed by atoms with Gasteiger partial charge in [0, 0.05) is 13.1 Å². The Bertz CT molecular complexity index is 1160. The number of carbonyl (C=O) groups excluding carboxylic acids is 1. The Labute approximate surface area is 165 Å². The molecule has 2 heterocycles. The topological polar surface area (TPSA) is 73.5 Å². The number of morpholine rings is 1. The highest BCUT2D eigenvalue weighted by Crippen LogP contribution is 2.18. The summed E-state index contributed by atoms with van der Waals surface area (Å²) in [7, 11) is 0. The third-order valence-electron chi connectivity index (χ3n) is 4.80. The summed E-state index contributed by atoms with van der Waals surface area (Å²) in [5.74, 6) is -0.195. The monoisotopic (exact) mass is 399 g/mol. The fourth-order valence-electron chi connectivity index (χ4n) is 3.37. The number of rotatable bonds is 3. The molecule has 0 atom stereocenters. The van der Waals surface area contributed by atoms with Gasteiger partial charge in [-0.1, -0.05) is 35.9 Å². The number of ether oxygens (including phenoxy) is 1. The van der Waals surface area contributed by atoms with Crippen LogP contribution in [0.3, 0.4) is 0 Å². The van der Waals surface area contributed by atoms with Crippen molar-refractivity contribution in [3.63, 3.8) is 0 Å². The van der Waals surface area contributed by atoms with Crippen molar-refractivity contribution in [2.45, 2.75) is 6.54 Å². The van der Waals surface area contributed by atoms with Gasteiger partial charge in [-0.15, -0.1) is 0 Å². The molecule has 1 aliphatic heterocycles. The van der Waals surface area contributed by atoms with Crippen molar-refractivity contribution in [1.29, 1.82) is 0 Å². The minimum atomic E-state index is -0.599. The molecular formula is C20H18ClN3O4. The number of aromatic nitrogens is 2. The Morgan fingerprint density at radius 2 is 1.68 bits per heavy atom. The molecule has 1 amide bonds. The summed E-state index contributed by atoms with van der Waals surface area (Å²) in [4.78, 5) is 40.7. The first-order valence-corrected chi connectivity index (χ1v) is 9.31. The van der Waals surface area contributed by atoms with Gasteiger partial charge in [0.1, 0.15) is 6.54 Å². The maximum absolute atomic E-state index is 13.2. The maximum atomic E-state index is 13.2. The standard InChI is InChI=1S/C20H18ClN3O4/c21-15-6-2-4-8-17(15)24-19(26)14-5-1-3-7-16(14)23(20(24)27)13-18(25)22-9-11-28-12-10-22/h1-8H,9-13H2. The van der Waals surface area contributed by atoms with Crippen LogP contribution < -0.4 is 11.2 Å². The van der Waals surface area contributed by atoms with E-state index in [1.54, 1.807) is 53.4 Å². The molecule has 3 aromatic rings. The molecule has 1 aliphatic rings. The van der Waals surface area contributed by atoms with E-state index in [4.69, 9.17) is 16.3 Å². The number of para-hydroxylation sites is 2. The molecule has 8 heteroatoms. The van der Waals surface area contributed by atoms with Crippen LogP contribution in [0.4, 0.5) is 0 Å². The Balaban J connectivity index is 1.90. The first-order valence-electron chi connectivity index (χ1n) is 8.93. The van der Waals surface area contributed by atoms with Crippen molar-refractivity contribution in [2.75, 3.05) is 26.3 Å². The lowest BCUT2D eigenvalue weighted by molar-refractivity contribution is -0.135. The van der Waals surface area contributed by atoms with Crippen molar-refractivity contribution in [3.8, 4) is 5.69 Å². The highest BCUT2D eigenvalue weighted by molar-refractivity contribution is 6.32. The zero-order chi connectivity index (χ0) is 19.7. The van der Waals surface area contributed by atoms with Crippen LogP contribution in [-0.4, -0.2) is 46.2 Å². The summed E-state index contributed by atoms with van der Waals surface area (Å²) in [6, 6.07) is 13.4. The molecule has 0 aliphatic carbocycles. The van der Waals surface area contributed by atoms with Gasteiger partial charge in [-0.3, -0.25) is 14.2 Å². The quantitative estimate of drug-likeness (QED) is 0.671. The zero-order valence-corrected chi connectivity index (χ0v) is 15.8. The van der Waals surface area contributed by atoms with E-state index in [9.17, 15) is 14.4 Å². The fraction of sp³-hybridized carbons (Fsp3) is 0.250. The lowest BCUT2D eigenvalue weighted by Gasteiger charge is -2.27. The predicted octanol–water partition coefficient (Wildman–Crippen LogP) is 1.66. The molecule has 1 saturated heterocycles. The van der Waals surface area contributed by atoms with Gasteiger partial charge < -0.3 is 9.64 Å². The van der Waals surface area contributed by atoms with Crippen molar-refractivity contribution in [3.05, 3.63) is 74.4 Å². The molecule has 144 valence electrons. The number of fused-ring (bicyclic) bond motifs is 1. The van der Waals surface area contributed by atoms with E-state index >= 15 is 0 Å². The van der Waals surface area contributed by atoms with Gasteiger partial charge in [-0.25, -0.2) is 9.36 Å². The molecule has 0 bridgehead atoms. The number of hydrogen-bond donors (Lipinski definition) is 0. The van der Waals surface area contributed by atoms with Crippen LogP contribution >= 0.6 is 11.6 Å². The third-order valence-corrected chi connectivity index (χ3v) is 5.12. The number of halogens is 1. The second-order valence-corrected chi connectivity index (χ2v) is 6.88. The molecule has 0 saturated carbocycles. The second kappa shape index (κ2) is 7.61. The molecule has 7 nitrogen and oxygen atoms in total. The largest absolute Gasteiger partial charge is 0.378 e. The highest BCUT2D eigenvalue weighted by Gasteiger charge is 2.21. The highest BCUT2D eigenvalue weighted by atomic mass is 35.5. The van der Waals surface area contributed by atoms with E-state index in [0.717, 1.165) is 4.57 Å². The van der Waals surface area contributed by atoms with Gasteiger partial charge in [0.25, 0.3) is 5.56 Å². The minimum absolute atomic E-state index is 0.163. The molecule has 0 spiro atoms. The van der Waals surface area contributed by atoms with Gasteiger partial charge in [-0.2, -0.15) is 0 Å². The van der Waals surface area contributed by atoms with Crippen LogP contribution in [0.5, 0.6) is 0 Å². The van der Waals surface area contributed by atoms with E-state index in [1.807, 2.05) is 0 Å². The maximum Gasteiger partial charge on any atom is 0.336 e. The molecule has 28 heavy (non-hydrogen) atoms. The van der Waals surface area contributed by atoms with Crippen molar-refractivity contribution >= 4 is 28.4 Å². The van der Waals surface area contributed by atoms with E-state index in [0.29, 0.717) is 37.2 Å². The van der Waals surface area contributed by atoms with Crippen LogP contribution in [0.15, 0.2) is 58.1 Å².